The van der Waals surface area contributed by atoms with Crippen LogP contribution >= 0.6 is 11.8 Å². The van der Waals surface area contributed by atoms with E-state index in [0.717, 1.165) is 29.3 Å². The second-order valence-corrected chi connectivity index (χ2v) is 10.7. The van der Waals surface area contributed by atoms with Gasteiger partial charge in [0.05, 0.1) is 18.4 Å². The number of thioether (sulfide) groups is 1. The van der Waals surface area contributed by atoms with Crippen LogP contribution in [0.1, 0.15) is 52.0 Å². The number of aliphatic hydroxyl groups excluding tert-OH is 1. The third kappa shape index (κ3) is 6.69. The zero-order valence-corrected chi connectivity index (χ0v) is 22.1. The number of benzene rings is 2. The van der Waals surface area contributed by atoms with Crippen molar-refractivity contribution in [2.45, 2.75) is 49.1 Å². The minimum Gasteiger partial charge on any atom is -0.490 e. The molecule has 39 heavy (non-hydrogen) atoms. The van der Waals surface area contributed by atoms with Gasteiger partial charge >= 0.3 is 0 Å². The Morgan fingerprint density at radius 3 is 2.46 bits per heavy atom. The first-order valence-corrected chi connectivity index (χ1v) is 14.0. The average Bonchev–Trinajstić information content (AvgIpc) is 3.42. The highest BCUT2D eigenvalue weighted by Gasteiger charge is 2.26. The molecule has 0 radical (unpaired) electrons. The number of aryl methyl sites for hydroxylation is 1. The second-order valence-electron chi connectivity index (χ2n) is 9.54. The van der Waals surface area contributed by atoms with Crippen molar-refractivity contribution in [3.63, 3.8) is 0 Å². The standard InChI is InChI=1S/C29H30FN3O5S/c30-19-15-24(29(31-17-19)38-22-10-5-18-11-14-39-26(18)16-22)28(36)33-21-8-6-20(7-9-21)32-27(35)23-3-1-2-4-25(23)37-13-12-34/h1-5,10,15-17,20-21,34H,6-9,11-14H2,(H,32,35)(H,33,36). The van der Waals surface area contributed by atoms with Crippen molar-refractivity contribution in [1.29, 1.82) is 0 Å². The lowest BCUT2D eigenvalue weighted by Crippen LogP contribution is -2.44. The Bertz CT molecular complexity index is 1350. The molecule has 0 spiro atoms. The zero-order valence-electron chi connectivity index (χ0n) is 21.3. The molecular weight excluding hydrogens is 521 g/mol. The number of halogens is 1. The average molecular weight is 552 g/mol. The highest BCUT2D eigenvalue weighted by atomic mass is 32.2. The Kier molecular flexibility index (Phi) is 8.63. The molecule has 1 aliphatic heterocycles. The summed E-state index contributed by atoms with van der Waals surface area (Å²) < 4.78 is 25.4. The van der Waals surface area contributed by atoms with Crippen LogP contribution in [0, 0.1) is 5.82 Å². The predicted octanol–water partition coefficient (Wildman–Crippen LogP) is 4.50. The fourth-order valence-corrected chi connectivity index (χ4v) is 5.93. The van der Waals surface area contributed by atoms with Gasteiger partial charge in [-0.25, -0.2) is 9.37 Å². The second kappa shape index (κ2) is 12.5. The number of hydrogen-bond acceptors (Lipinski definition) is 7. The summed E-state index contributed by atoms with van der Waals surface area (Å²) in [5.74, 6) is 0.746. The lowest BCUT2D eigenvalue weighted by molar-refractivity contribution is 0.0887. The molecule has 3 aromatic rings. The van der Waals surface area contributed by atoms with Gasteiger partial charge in [-0.1, -0.05) is 18.2 Å². The molecule has 2 aromatic carbocycles. The minimum atomic E-state index is -0.619. The Hall–Kier alpha value is -3.63. The molecule has 0 saturated heterocycles. The first kappa shape index (κ1) is 27.0. The molecule has 3 N–H and O–H groups in total. The van der Waals surface area contributed by atoms with E-state index in [9.17, 15) is 14.0 Å². The van der Waals surface area contributed by atoms with E-state index >= 15 is 0 Å². The van der Waals surface area contributed by atoms with Gasteiger partial charge < -0.3 is 25.2 Å². The largest absolute Gasteiger partial charge is 0.490 e. The molecule has 1 fully saturated rings. The first-order chi connectivity index (χ1) is 19.0. The maximum absolute atomic E-state index is 14.1. The molecule has 0 atom stereocenters. The first-order valence-electron chi connectivity index (χ1n) is 13.0. The van der Waals surface area contributed by atoms with E-state index in [0.29, 0.717) is 42.7 Å². The number of nitrogens with zero attached hydrogens (tertiary/aromatic N) is 1. The van der Waals surface area contributed by atoms with Gasteiger partial charge in [0, 0.05) is 22.7 Å². The number of aliphatic hydroxyl groups is 1. The van der Waals surface area contributed by atoms with E-state index in [4.69, 9.17) is 14.6 Å². The number of hydrogen-bond donors (Lipinski definition) is 3. The molecular formula is C29H30FN3O5S. The van der Waals surface area contributed by atoms with Crippen LogP contribution in [0.4, 0.5) is 4.39 Å². The van der Waals surface area contributed by atoms with E-state index in [1.165, 1.54) is 5.56 Å². The number of pyridine rings is 1. The van der Waals surface area contributed by atoms with Gasteiger partial charge in [0.15, 0.2) is 0 Å². The fourth-order valence-electron chi connectivity index (χ4n) is 4.84. The van der Waals surface area contributed by atoms with Gasteiger partial charge in [-0.15, -0.1) is 11.8 Å². The van der Waals surface area contributed by atoms with E-state index in [-0.39, 0.29) is 42.6 Å². The number of carbonyl (C=O) groups is 2. The number of fused-ring (bicyclic) bond motifs is 1. The van der Waals surface area contributed by atoms with Crippen LogP contribution in [0.5, 0.6) is 17.4 Å². The van der Waals surface area contributed by atoms with Gasteiger partial charge in [-0.3, -0.25) is 9.59 Å². The number of rotatable bonds is 9. The minimum absolute atomic E-state index is 0.0399. The Morgan fingerprint density at radius 1 is 1.00 bits per heavy atom. The van der Waals surface area contributed by atoms with Crippen molar-refractivity contribution in [3.8, 4) is 17.4 Å². The highest BCUT2D eigenvalue weighted by molar-refractivity contribution is 7.99. The van der Waals surface area contributed by atoms with Crippen LogP contribution in [-0.2, 0) is 6.42 Å². The van der Waals surface area contributed by atoms with Crippen LogP contribution in [0.25, 0.3) is 0 Å². The normalized spacial score (nSPS) is 18.2. The van der Waals surface area contributed by atoms with Crippen molar-refractivity contribution >= 4 is 23.6 Å². The van der Waals surface area contributed by atoms with Crippen LogP contribution < -0.4 is 20.1 Å². The van der Waals surface area contributed by atoms with Gasteiger partial charge in [-0.05, 0) is 68.0 Å². The maximum Gasteiger partial charge on any atom is 0.257 e. The molecule has 0 unspecified atom stereocenters. The number of amides is 2. The summed E-state index contributed by atoms with van der Waals surface area (Å²) in [5, 5.41) is 15.0. The monoisotopic (exact) mass is 551 g/mol. The van der Waals surface area contributed by atoms with Crippen LogP contribution in [0.2, 0.25) is 0 Å². The van der Waals surface area contributed by atoms with Crippen molar-refractivity contribution in [2.75, 3.05) is 19.0 Å². The van der Waals surface area contributed by atoms with Crippen LogP contribution in [-0.4, -0.2) is 53.0 Å². The Labute approximate surface area is 230 Å². The molecule has 5 rings (SSSR count). The van der Waals surface area contributed by atoms with Crippen molar-refractivity contribution in [2.24, 2.45) is 0 Å². The summed E-state index contributed by atoms with van der Waals surface area (Å²) in [6.45, 7) is -0.0345. The smallest absolute Gasteiger partial charge is 0.257 e. The van der Waals surface area contributed by atoms with Gasteiger partial charge in [0.1, 0.15) is 29.5 Å². The highest BCUT2D eigenvalue weighted by Crippen LogP contribution is 2.35. The lowest BCUT2D eigenvalue weighted by atomic mass is 9.90. The molecule has 204 valence electrons. The van der Waals surface area contributed by atoms with Crippen molar-refractivity contribution in [3.05, 3.63) is 77.2 Å². The topological polar surface area (TPSA) is 110 Å². The van der Waals surface area contributed by atoms with E-state index in [2.05, 4.69) is 15.6 Å². The van der Waals surface area contributed by atoms with Crippen LogP contribution in [0.15, 0.2) is 59.6 Å². The third-order valence-corrected chi connectivity index (χ3v) is 7.92. The number of nitrogens with one attached hydrogen (secondary N) is 2. The lowest BCUT2D eigenvalue weighted by Gasteiger charge is -2.30. The molecule has 2 amide bonds. The summed E-state index contributed by atoms with van der Waals surface area (Å²) >= 11 is 1.75. The van der Waals surface area contributed by atoms with E-state index in [1.807, 2.05) is 18.2 Å². The Morgan fingerprint density at radius 2 is 1.72 bits per heavy atom. The third-order valence-electron chi connectivity index (χ3n) is 6.82. The summed E-state index contributed by atoms with van der Waals surface area (Å²) in [6.07, 6.45) is 4.71. The van der Waals surface area contributed by atoms with E-state index in [1.54, 1.807) is 36.0 Å². The Balaban J connectivity index is 1.17. The maximum atomic E-state index is 14.1. The number of para-hydroxylation sites is 1. The summed E-state index contributed by atoms with van der Waals surface area (Å²) in [4.78, 5) is 31.2. The molecule has 1 saturated carbocycles. The van der Waals surface area contributed by atoms with Crippen LogP contribution in [0.3, 0.4) is 0 Å². The summed E-state index contributed by atoms with van der Waals surface area (Å²) in [7, 11) is 0. The van der Waals surface area contributed by atoms with E-state index < -0.39 is 11.7 Å². The molecule has 2 aliphatic rings. The van der Waals surface area contributed by atoms with Gasteiger partial charge in [0.2, 0.25) is 5.88 Å². The fraction of sp³-hybridized carbons (Fsp3) is 0.345. The molecule has 10 heteroatoms. The van der Waals surface area contributed by atoms with Gasteiger partial charge in [-0.2, -0.15) is 0 Å². The molecule has 2 heterocycles. The molecule has 8 nitrogen and oxygen atoms in total. The summed E-state index contributed by atoms with van der Waals surface area (Å²) in [6, 6.07) is 13.6. The quantitative estimate of drug-likeness (QED) is 0.359. The number of ether oxygens (including phenoxy) is 2. The molecule has 1 aromatic heterocycles. The number of carbonyl (C=O) groups excluding carboxylic acids is 2. The number of aromatic nitrogens is 1. The molecule has 0 bridgehead atoms. The summed E-state index contributed by atoms with van der Waals surface area (Å²) in [5.41, 5.74) is 1.72. The van der Waals surface area contributed by atoms with Crippen molar-refractivity contribution in [1.82, 2.24) is 15.6 Å². The SMILES string of the molecule is O=C(NC1CCC(NC(=O)c2cc(F)cnc2Oc2ccc3c(c2)SCC3)CC1)c1ccccc1OCCO. The zero-order chi connectivity index (χ0) is 27.2. The van der Waals surface area contributed by atoms with Gasteiger partial charge in [0.25, 0.3) is 11.8 Å². The molecule has 1 aliphatic carbocycles. The predicted molar refractivity (Wildman–Crippen MR) is 145 cm³/mol. The van der Waals surface area contributed by atoms with Crippen molar-refractivity contribution < 1.29 is 28.6 Å².